The Morgan fingerprint density at radius 1 is 1.18 bits per heavy atom. The fourth-order valence-corrected chi connectivity index (χ4v) is 2.38. The summed E-state index contributed by atoms with van der Waals surface area (Å²) >= 11 is 0. The highest BCUT2D eigenvalue weighted by molar-refractivity contribution is 5.90. The number of piperidine rings is 1. The van der Waals surface area contributed by atoms with Crippen LogP contribution < -0.4 is 0 Å². The van der Waals surface area contributed by atoms with Gasteiger partial charge in [-0.25, -0.2) is 0 Å². The number of carbonyl (C=O) groups is 2. The van der Waals surface area contributed by atoms with E-state index in [0.717, 1.165) is 25.8 Å². The van der Waals surface area contributed by atoms with E-state index in [1.165, 1.54) is 0 Å². The molecule has 1 saturated heterocycles. The minimum Gasteiger partial charge on any atom is -0.333 e. The Morgan fingerprint density at radius 2 is 1.82 bits per heavy atom. The zero-order chi connectivity index (χ0) is 13.0. The van der Waals surface area contributed by atoms with Crippen LogP contribution in [0, 0.1) is 11.8 Å². The van der Waals surface area contributed by atoms with Crippen LogP contribution in [0.15, 0.2) is 0 Å². The fourth-order valence-electron chi connectivity index (χ4n) is 2.38. The van der Waals surface area contributed by atoms with Crippen LogP contribution in [0.5, 0.6) is 0 Å². The minimum absolute atomic E-state index is 0.0208. The Balaban J connectivity index is 2.72. The van der Waals surface area contributed by atoms with Gasteiger partial charge in [0.05, 0.1) is 6.04 Å². The molecule has 98 valence electrons. The first kappa shape index (κ1) is 14.2. The lowest BCUT2D eigenvalue weighted by Gasteiger charge is -2.36. The van der Waals surface area contributed by atoms with Gasteiger partial charge in [-0.05, 0) is 25.2 Å². The van der Waals surface area contributed by atoms with Gasteiger partial charge in [-0.2, -0.15) is 0 Å². The van der Waals surface area contributed by atoms with Crippen LogP contribution in [0.1, 0.15) is 53.4 Å². The highest BCUT2D eigenvalue weighted by Gasteiger charge is 2.32. The highest BCUT2D eigenvalue weighted by atomic mass is 16.2. The van der Waals surface area contributed by atoms with E-state index in [1.807, 2.05) is 32.6 Å². The van der Waals surface area contributed by atoms with E-state index in [2.05, 4.69) is 0 Å². The van der Waals surface area contributed by atoms with Crippen molar-refractivity contribution in [2.45, 2.75) is 59.4 Å². The van der Waals surface area contributed by atoms with Gasteiger partial charge in [-0.1, -0.05) is 27.7 Å². The van der Waals surface area contributed by atoms with Crippen LogP contribution in [-0.4, -0.2) is 29.2 Å². The minimum atomic E-state index is -0.157. The molecule has 3 heteroatoms. The normalized spacial score (nSPS) is 21.1. The van der Waals surface area contributed by atoms with Gasteiger partial charge in [0.15, 0.2) is 5.78 Å². The molecule has 0 bridgehead atoms. The first-order valence-electron chi connectivity index (χ1n) is 6.76. The van der Waals surface area contributed by atoms with Crippen molar-refractivity contribution in [3.63, 3.8) is 0 Å². The molecule has 0 spiro atoms. The third kappa shape index (κ3) is 3.83. The summed E-state index contributed by atoms with van der Waals surface area (Å²) < 4.78 is 0. The molecule has 1 fully saturated rings. The molecule has 0 aromatic rings. The van der Waals surface area contributed by atoms with Crippen molar-refractivity contribution in [1.82, 2.24) is 4.90 Å². The van der Waals surface area contributed by atoms with Crippen LogP contribution in [-0.2, 0) is 9.59 Å². The molecule has 1 atom stereocenters. The first-order chi connectivity index (χ1) is 7.93. The van der Waals surface area contributed by atoms with Crippen molar-refractivity contribution < 1.29 is 9.59 Å². The molecule has 1 aliphatic rings. The maximum absolute atomic E-state index is 12.1. The lowest BCUT2D eigenvalue weighted by Crippen LogP contribution is -2.49. The summed E-state index contributed by atoms with van der Waals surface area (Å²) in [6.45, 7) is 8.68. The van der Waals surface area contributed by atoms with Crippen LogP contribution in [0.2, 0.25) is 0 Å². The molecular weight excluding hydrogens is 214 g/mol. The van der Waals surface area contributed by atoms with Crippen molar-refractivity contribution >= 4 is 11.7 Å². The molecule has 0 N–H and O–H groups in total. The number of hydrogen-bond donors (Lipinski definition) is 0. The Hall–Kier alpha value is -0.860. The Kier molecular flexibility index (Phi) is 5.16. The van der Waals surface area contributed by atoms with Crippen molar-refractivity contribution in [3.05, 3.63) is 0 Å². The maximum Gasteiger partial charge on any atom is 0.223 e. The molecule has 3 nitrogen and oxygen atoms in total. The van der Waals surface area contributed by atoms with E-state index in [1.54, 1.807) is 0 Å². The average molecular weight is 239 g/mol. The molecule has 1 heterocycles. The number of hydrogen-bond acceptors (Lipinski definition) is 2. The molecule has 1 amide bonds. The van der Waals surface area contributed by atoms with Gasteiger partial charge in [-0.15, -0.1) is 0 Å². The predicted octanol–water partition coefficient (Wildman–Crippen LogP) is 2.64. The first-order valence-corrected chi connectivity index (χ1v) is 6.76. The number of ketones is 1. The van der Waals surface area contributed by atoms with Crippen LogP contribution in [0.25, 0.3) is 0 Å². The second-order valence-electron chi connectivity index (χ2n) is 5.75. The molecule has 0 aliphatic carbocycles. The summed E-state index contributed by atoms with van der Waals surface area (Å²) in [7, 11) is 0. The number of likely N-dealkylation sites (tertiary alicyclic amines) is 1. The molecule has 0 aromatic heterocycles. The number of rotatable bonds is 4. The van der Waals surface area contributed by atoms with E-state index in [4.69, 9.17) is 0 Å². The molecular formula is C14H25NO2. The third-order valence-corrected chi connectivity index (χ3v) is 3.30. The zero-order valence-corrected chi connectivity index (χ0v) is 11.5. The summed E-state index contributed by atoms with van der Waals surface area (Å²) in [5.74, 6) is 0.757. The van der Waals surface area contributed by atoms with Gasteiger partial charge >= 0.3 is 0 Å². The molecule has 0 aromatic carbocycles. The van der Waals surface area contributed by atoms with Gasteiger partial charge in [0.1, 0.15) is 0 Å². The maximum atomic E-state index is 12.1. The monoisotopic (exact) mass is 239 g/mol. The lowest BCUT2D eigenvalue weighted by atomic mass is 9.92. The molecule has 1 rings (SSSR count). The smallest absolute Gasteiger partial charge is 0.223 e. The van der Waals surface area contributed by atoms with Gasteiger partial charge in [0.25, 0.3) is 0 Å². The second kappa shape index (κ2) is 6.18. The van der Waals surface area contributed by atoms with Gasteiger partial charge < -0.3 is 4.90 Å². The van der Waals surface area contributed by atoms with E-state index in [-0.39, 0.29) is 23.7 Å². The summed E-state index contributed by atoms with van der Waals surface area (Å²) in [6.07, 6.45) is 3.50. The molecule has 0 radical (unpaired) electrons. The standard InChI is InChI=1S/C14H25NO2/c1-10(2)9-13(16)15-8-6-5-7-12(15)14(17)11(3)4/h10-12H,5-9H2,1-4H3/t12-/m0/s1. The summed E-state index contributed by atoms with van der Waals surface area (Å²) in [4.78, 5) is 26.0. The van der Waals surface area contributed by atoms with Gasteiger partial charge in [0.2, 0.25) is 5.91 Å². The van der Waals surface area contributed by atoms with Gasteiger partial charge in [-0.3, -0.25) is 9.59 Å². The molecule has 0 saturated carbocycles. The molecule has 1 aliphatic heterocycles. The number of amides is 1. The Labute approximate surface area is 105 Å². The third-order valence-electron chi connectivity index (χ3n) is 3.30. The zero-order valence-electron chi connectivity index (χ0n) is 11.5. The summed E-state index contributed by atoms with van der Waals surface area (Å²) in [5.41, 5.74) is 0. The number of Topliss-reactive ketones (excluding diaryl/α,β-unsaturated/α-hetero) is 1. The van der Waals surface area contributed by atoms with E-state index in [0.29, 0.717) is 12.3 Å². The van der Waals surface area contributed by atoms with Crippen molar-refractivity contribution in [2.75, 3.05) is 6.54 Å². The number of carbonyl (C=O) groups excluding carboxylic acids is 2. The summed E-state index contributed by atoms with van der Waals surface area (Å²) in [5, 5.41) is 0. The SMILES string of the molecule is CC(C)CC(=O)N1CCCC[C@H]1C(=O)C(C)C. The number of nitrogens with zero attached hydrogens (tertiary/aromatic N) is 1. The summed E-state index contributed by atoms with van der Waals surface area (Å²) in [6, 6.07) is -0.157. The van der Waals surface area contributed by atoms with E-state index in [9.17, 15) is 9.59 Å². The van der Waals surface area contributed by atoms with E-state index >= 15 is 0 Å². The van der Waals surface area contributed by atoms with Crippen LogP contribution >= 0.6 is 0 Å². The topological polar surface area (TPSA) is 37.4 Å². The molecule has 0 unspecified atom stereocenters. The van der Waals surface area contributed by atoms with Crippen LogP contribution in [0.4, 0.5) is 0 Å². The average Bonchev–Trinajstić information content (AvgIpc) is 2.27. The van der Waals surface area contributed by atoms with Crippen molar-refractivity contribution in [1.29, 1.82) is 0 Å². The largest absolute Gasteiger partial charge is 0.333 e. The van der Waals surface area contributed by atoms with Crippen molar-refractivity contribution in [2.24, 2.45) is 11.8 Å². The van der Waals surface area contributed by atoms with Gasteiger partial charge in [0, 0.05) is 18.9 Å². The van der Waals surface area contributed by atoms with Crippen molar-refractivity contribution in [3.8, 4) is 0 Å². The second-order valence-corrected chi connectivity index (χ2v) is 5.75. The predicted molar refractivity (Wildman–Crippen MR) is 68.7 cm³/mol. The Morgan fingerprint density at radius 3 is 2.35 bits per heavy atom. The lowest BCUT2D eigenvalue weighted by molar-refractivity contribution is -0.143. The fraction of sp³-hybridized carbons (Fsp3) is 0.857. The van der Waals surface area contributed by atoms with Crippen LogP contribution in [0.3, 0.4) is 0 Å². The molecule has 17 heavy (non-hydrogen) atoms. The Bertz CT molecular complexity index is 284. The highest BCUT2D eigenvalue weighted by Crippen LogP contribution is 2.22. The van der Waals surface area contributed by atoms with E-state index < -0.39 is 0 Å². The quantitative estimate of drug-likeness (QED) is 0.756.